The Bertz CT molecular complexity index is 1160. The number of ether oxygens (including phenoxy) is 3. The largest absolute Gasteiger partial charge is 0.477 e. The highest BCUT2D eigenvalue weighted by atomic mass is 16.6. The molecule has 0 fully saturated rings. The van der Waals surface area contributed by atoms with Gasteiger partial charge in [0.15, 0.2) is 12.1 Å². The summed E-state index contributed by atoms with van der Waals surface area (Å²) >= 11 is 0. The van der Waals surface area contributed by atoms with Crippen molar-refractivity contribution < 1.29 is 38.2 Å². The van der Waals surface area contributed by atoms with Gasteiger partial charge in [-0.25, -0.2) is 4.79 Å². The van der Waals surface area contributed by atoms with Gasteiger partial charge in [0.2, 0.25) is 0 Å². The van der Waals surface area contributed by atoms with E-state index in [-0.39, 0.29) is 42.7 Å². The fourth-order valence-electron chi connectivity index (χ4n) is 6.23. The zero-order chi connectivity index (χ0) is 42.1. The van der Waals surface area contributed by atoms with E-state index in [9.17, 15) is 19.5 Å². The Morgan fingerprint density at radius 2 is 1.02 bits per heavy atom. The number of hydrogen-bond acceptors (Lipinski definition) is 6. The van der Waals surface area contributed by atoms with E-state index in [4.69, 9.17) is 14.2 Å². The molecule has 0 spiro atoms. The molecule has 2 atom stereocenters. The second-order valence-corrected chi connectivity index (χ2v) is 16.0. The number of hydrogen-bond donors (Lipinski definition) is 1. The van der Waals surface area contributed by atoms with Gasteiger partial charge in [-0.2, -0.15) is 0 Å². The van der Waals surface area contributed by atoms with Crippen LogP contribution in [0.5, 0.6) is 0 Å². The van der Waals surface area contributed by atoms with Crippen molar-refractivity contribution in [2.75, 3.05) is 41.0 Å². The van der Waals surface area contributed by atoms with Crippen molar-refractivity contribution in [1.29, 1.82) is 0 Å². The molecule has 0 aliphatic heterocycles. The summed E-state index contributed by atoms with van der Waals surface area (Å²) in [5, 5.41) is 9.61. The molecule has 0 aromatic rings. The summed E-state index contributed by atoms with van der Waals surface area (Å²) in [7, 11) is 5.49. The van der Waals surface area contributed by atoms with Gasteiger partial charge < -0.3 is 23.8 Å². The molecule has 2 unspecified atom stereocenters. The van der Waals surface area contributed by atoms with Gasteiger partial charge in [0.1, 0.15) is 6.61 Å². The smallest absolute Gasteiger partial charge is 0.362 e. The molecule has 57 heavy (non-hydrogen) atoms. The number of quaternary nitrogens is 1. The molecule has 0 radical (unpaired) electrons. The molecule has 0 aliphatic carbocycles. The van der Waals surface area contributed by atoms with Crippen LogP contribution in [0, 0.1) is 0 Å². The van der Waals surface area contributed by atoms with E-state index in [1.165, 1.54) is 96.3 Å². The van der Waals surface area contributed by atoms with E-state index < -0.39 is 18.1 Å². The first-order chi connectivity index (χ1) is 27.6. The number of carboxylic acids is 1. The number of carbonyl (C=O) groups is 3. The number of aliphatic carboxylic acids is 1. The van der Waals surface area contributed by atoms with Crippen molar-refractivity contribution >= 4 is 17.9 Å². The maximum atomic E-state index is 12.7. The summed E-state index contributed by atoms with van der Waals surface area (Å²) in [5.41, 5.74) is 0. The van der Waals surface area contributed by atoms with E-state index in [1.54, 1.807) is 0 Å². The predicted molar refractivity (Wildman–Crippen MR) is 238 cm³/mol. The van der Waals surface area contributed by atoms with E-state index in [1.807, 2.05) is 75.8 Å². The van der Waals surface area contributed by atoms with Crippen LogP contribution >= 0.6 is 0 Å². The lowest BCUT2D eigenvalue weighted by molar-refractivity contribution is -0.887. The zero-order valence-electron chi connectivity index (χ0n) is 37.0. The van der Waals surface area contributed by atoms with Gasteiger partial charge in [0.05, 0.1) is 34.4 Å². The Hall–Kier alpha value is -3.23. The van der Waals surface area contributed by atoms with Crippen LogP contribution in [0.1, 0.15) is 168 Å². The first-order valence-electron chi connectivity index (χ1n) is 22.5. The van der Waals surface area contributed by atoms with Crippen LogP contribution < -0.4 is 0 Å². The number of carbonyl (C=O) groups excluding carboxylic acids is 2. The van der Waals surface area contributed by atoms with Crippen molar-refractivity contribution in [3.8, 4) is 0 Å². The van der Waals surface area contributed by atoms with Gasteiger partial charge in [-0.05, 0) is 51.4 Å². The Kier molecular flexibility index (Phi) is 37.3. The summed E-state index contributed by atoms with van der Waals surface area (Å²) in [5.74, 6) is -1.58. The molecule has 0 aromatic heterocycles. The minimum Gasteiger partial charge on any atom is -0.477 e. The van der Waals surface area contributed by atoms with Crippen LogP contribution in [0.15, 0.2) is 72.9 Å². The Morgan fingerprint density at radius 1 is 0.544 bits per heavy atom. The Morgan fingerprint density at radius 3 is 1.54 bits per heavy atom. The average Bonchev–Trinajstić information content (AvgIpc) is 3.17. The quantitative estimate of drug-likeness (QED) is 0.0217. The maximum absolute atomic E-state index is 12.7. The zero-order valence-corrected chi connectivity index (χ0v) is 37.0. The SMILES string of the molecule is CC/C=C/C=C/C=C/C=C/C=C/CCCC(=O)OC(COCCC(C(=O)O)[N+](C)(C)C)COC(=O)CCCCCCCCC/C=C/CCCCCCCCCCC. The second-order valence-electron chi connectivity index (χ2n) is 16.0. The number of likely N-dealkylation sites (N-methyl/N-ethyl adjacent to an activating group) is 1. The molecular formula is C49H84NO7+. The molecule has 0 saturated carbocycles. The summed E-state index contributed by atoms with van der Waals surface area (Å²) < 4.78 is 17.2. The third-order valence-corrected chi connectivity index (χ3v) is 9.72. The van der Waals surface area contributed by atoms with Crippen molar-refractivity contribution in [2.24, 2.45) is 0 Å². The van der Waals surface area contributed by atoms with Gasteiger partial charge in [0, 0.05) is 19.3 Å². The number of rotatable bonds is 39. The lowest BCUT2D eigenvalue weighted by Crippen LogP contribution is -2.50. The molecule has 8 nitrogen and oxygen atoms in total. The fourth-order valence-corrected chi connectivity index (χ4v) is 6.23. The lowest BCUT2D eigenvalue weighted by Gasteiger charge is -2.31. The maximum Gasteiger partial charge on any atom is 0.362 e. The van der Waals surface area contributed by atoms with Gasteiger partial charge >= 0.3 is 17.9 Å². The summed E-state index contributed by atoms with van der Waals surface area (Å²) in [6.45, 7) is 4.50. The number of allylic oxidation sites excluding steroid dienone is 12. The summed E-state index contributed by atoms with van der Waals surface area (Å²) in [6.07, 6.45) is 49.7. The van der Waals surface area contributed by atoms with Gasteiger partial charge in [-0.1, -0.05) is 170 Å². The Balaban J connectivity index is 4.37. The minimum absolute atomic E-state index is 0.0277. The lowest BCUT2D eigenvalue weighted by atomic mass is 10.1. The molecule has 0 heterocycles. The first kappa shape index (κ1) is 53.8. The van der Waals surface area contributed by atoms with Crippen LogP contribution in [-0.4, -0.2) is 80.6 Å². The van der Waals surface area contributed by atoms with Crippen molar-refractivity contribution in [2.45, 2.75) is 180 Å². The van der Waals surface area contributed by atoms with E-state index in [2.05, 4.69) is 32.1 Å². The highest BCUT2D eigenvalue weighted by molar-refractivity contribution is 5.72. The van der Waals surface area contributed by atoms with Crippen LogP contribution in [0.2, 0.25) is 0 Å². The number of nitrogens with zero attached hydrogens (tertiary/aromatic N) is 1. The first-order valence-corrected chi connectivity index (χ1v) is 22.5. The van der Waals surface area contributed by atoms with Crippen LogP contribution in [0.4, 0.5) is 0 Å². The summed E-state index contributed by atoms with van der Waals surface area (Å²) in [4.78, 5) is 36.9. The standard InChI is InChI=1S/C49H83NO7/c1-6-8-10-12-14-16-18-20-21-22-23-24-25-26-28-29-31-33-35-37-39-47(51)56-44-45(43-55-42-41-46(49(53)54)50(3,4)5)57-48(52)40-38-36-34-32-30-27-19-17-15-13-11-9-7-2/h9,11,13,15,17,19,23-24,27,30,32,34,45-46H,6-8,10,12,14,16,18,20-22,25-26,28-29,31,33,35-44H2,1-5H3/p+1/b11-9+,15-13+,19-17+,24-23+,30-27+,34-32+. The molecule has 326 valence electrons. The van der Waals surface area contributed by atoms with Crippen molar-refractivity contribution in [3.63, 3.8) is 0 Å². The topological polar surface area (TPSA) is 99.1 Å². The molecule has 0 rings (SSSR count). The van der Waals surface area contributed by atoms with Crippen molar-refractivity contribution in [1.82, 2.24) is 0 Å². The fraction of sp³-hybridized carbons (Fsp3) is 0.694. The third-order valence-electron chi connectivity index (χ3n) is 9.72. The molecular weight excluding hydrogens is 715 g/mol. The number of esters is 2. The molecule has 0 amide bonds. The predicted octanol–water partition coefficient (Wildman–Crippen LogP) is 12.4. The van der Waals surface area contributed by atoms with E-state index in [0.717, 1.165) is 32.1 Å². The molecule has 0 bridgehead atoms. The third kappa shape index (κ3) is 38.1. The molecule has 8 heteroatoms. The van der Waals surface area contributed by atoms with Crippen LogP contribution in [0.3, 0.4) is 0 Å². The highest BCUT2D eigenvalue weighted by Crippen LogP contribution is 2.14. The normalized spacial score (nSPS) is 13.6. The minimum atomic E-state index is -0.890. The van der Waals surface area contributed by atoms with Crippen molar-refractivity contribution in [3.05, 3.63) is 72.9 Å². The van der Waals surface area contributed by atoms with Gasteiger partial charge in [-0.15, -0.1) is 0 Å². The van der Waals surface area contributed by atoms with Gasteiger partial charge in [-0.3, -0.25) is 9.59 Å². The second kappa shape index (κ2) is 39.6. The van der Waals surface area contributed by atoms with E-state index in [0.29, 0.717) is 19.3 Å². The highest BCUT2D eigenvalue weighted by Gasteiger charge is 2.31. The molecule has 0 saturated heterocycles. The average molecular weight is 799 g/mol. The molecule has 1 N–H and O–H groups in total. The number of carboxylic acid groups (broad SMARTS) is 1. The number of unbranched alkanes of at least 4 members (excludes halogenated alkanes) is 17. The monoisotopic (exact) mass is 799 g/mol. The van der Waals surface area contributed by atoms with E-state index >= 15 is 0 Å². The summed E-state index contributed by atoms with van der Waals surface area (Å²) in [6, 6.07) is -0.631. The van der Waals surface area contributed by atoms with Crippen LogP contribution in [0.25, 0.3) is 0 Å². The molecule has 0 aromatic carbocycles. The molecule has 0 aliphatic rings. The Labute approximate surface area is 349 Å². The van der Waals surface area contributed by atoms with Crippen LogP contribution in [-0.2, 0) is 28.6 Å². The van der Waals surface area contributed by atoms with Gasteiger partial charge in [0.25, 0.3) is 0 Å².